The fraction of sp³-hybridized carbons (Fsp3) is 0. The van der Waals surface area contributed by atoms with Crippen LogP contribution in [0.5, 0.6) is 0 Å². The van der Waals surface area contributed by atoms with E-state index < -0.39 is 5.91 Å². The quantitative estimate of drug-likeness (QED) is 0.585. The SMILES string of the molecule is O=C(NNc1ncnc2nc[nH]c12)c1ccco1. The van der Waals surface area contributed by atoms with Crippen molar-refractivity contribution in [3.63, 3.8) is 0 Å². The molecule has 3 aromatic rings. The molecule has 0 saturated heterocycles. The number of furan rings is 1. The average molecular weight is 244 g/mol. The number of carbonyl (C=O) groups is 1. The molecule has 0 unspecified atom stereocenters. The molecule has 0 bridgehead atoms. The van der Waals surface area contributed by atoms with Gasteiger partial charge in [0.15, 0.2) is 17.2 Å². The number of aromatic amines is 1. The summed E-state index contributed by atoms with van der Waals surface area (Å²) in [5.41, 5.74) is 6.26. The smallest absolute Gasteiger partial charge is 0.305 e. The number of H-pyrrole nitrogens is 1. The summed E-state index contributed by atoms with van der Waals surface area (Å²) in [6.45, 7) is 0. The van der Waals surface area contributed by atoms with Crippen LogP contribution in [0.15, 0.2) is 35.5 Å². The van der Waals surface area contributed by atoms with Gasteiger partial charge in [-0.2, -0.15) is 0 Å². The minimum Gasteiger partial charge on any atom is -0.459 e. The number of aromatic nitrogens is 4. The first-order valence-corrected chi connectivity index (χ1v) is 5.08. The van der Waals surface area contributed by atoms with E-state index in [0.29, 0.717) is 17.0 Å². The number of fused-ring (bicyclic) bond motifs is 1. The summed E-state index contributed by atoms with van der Waals surface area (Å²) in [6.07, 6.45) is 4.27. The summed E-state index contributed by atoms with van der Waals surface area (Å²) in [7, 11) is 0. The molecular formula is C10H8N6O2. The second kappa shape index (κ2) is 4.17. The predicted octanol–water partition coefficient (Wildman–Crippen LogP) is 0.703. The highest BCUT2D eigenvalue weighted by atomic mass is 16.3. The molecule has 0 spiro atoms. The number of carbonyl (C=O) groups excluding carboxylic acids is 1. The van der Waals surface area contributed by atoms with Crippen LogP contribution in [0.3, 0.4) is 0 Å². The molecule has 3 N–H and O–H groups in total. The van der Waals surface area contributed by atoms with Crippen molar-refractivity contribution in [2.75, 3.05) is 5.43 Å². The average Bonchev–Trinajstić information content (AvgIpc) is 3.05. The van der Waals surface area contributed by atoms with Crippen molar-refractivity contribution in [1.82, 2.24) is 25.4 Å². The first-order valence-electron chi connectivity index (χ1n) is 5.08. The fourth-order valence-corrected chi connectivity index (χ4v) is 1.45. The first-order chi connectivity index (χ1) is 8.84. The zero-order valence-corrected chi connectivity index (χ0v) is 9.04. The van der Waals surface area contributed by atoms with Gasteiger partial charge in [-0.25, -0.2) is 15.0 Å². The maximum atomic E-state index is 11.6. The van der Waals surface area contributed by atoms with Gasteiger partial charge in [0.2, 0.25) is 0 Å². The van der Waals surface area contributed by atoms with E-state index in [0.717, 1.165) is 0 Å². The number of hydrazine groups is 1. The molecule has 3 rings (SSSR count). The van der Waals surface area contributed by atoms with Crippen molar-refractivity contribution in [3.8, 4) is 0 Å². The molecule has 90 valence electrons. The van der Waals surface area contributed by atoms with E-state index in [4.69, 9.17) is 4.42 Å². The lowest BCUT2D eigenvalue weighted by molar-refractivity contribution is 0.0935. The highest BCUT2D eigenvalue weighted by Crippen LogP contribution is 2.13. The molecule has 0 fully saturated rings. The minimum atomic E-state index is -0.397. The Kier molecular flexibility index (Phi) is 2.38. The van der Waals surface area contributed by atoms with Gasteiger partial charge in [-0.1, -0.05) is 0 Å². The van der Waals surface area contributed by atoms with Crippen molar-refractivity contribution in [1.29, 1.82) is 0 Å². The number of nitrogens with one attached hydrogen (secondary N) is 3. The third-order valence-electron chi connectivity index (χ3n) is 2.26. The summed E-state index contributed by atoms with van der Waals surface area (Å²) in [4.78, 5) is 26.4. The van der Waals surface area contributed by atoms with E-state index in [9.17, 15) is 4.79 Å². The minimum absolute atomic E-state index is 0.206. The fourth-order valence-electron chi connectivity index (χ4n) is 1.45. The zero-order valence-electron chi connectivity index (χ0n) is 9.04. The van der Waals surface area contributed by atoms with Crippen molar-refractivity contribution in [2.24, 2.45) is 0 Å². The molecule has 3 aromatic heterocycles. The Balaban J connectivity index is 1.77. The molecule has 18 heavy (non-hydrogen) atoms. The highest BCUT2D eigenvalue weighted by molar-refractivity contribution is 5.93. The molecule has 0 atom stereocenters. The van der Waals surface area contributed by atoms with E-state index in [1.165, 1.54) is 18.9 Å². The molecule has 0 saturated carbocycles. The number of hydrogen-bond acceptors (Lipinski definition) is 6. The van der Waals surface area contributed by atoms with Crippen LogP contribution in [0.1, 0.15) is 10.6 Å². The van der Waals surface area contributed by atoms with Crippen LogP contribution in [-0.4, -0.2) is 25.8 Å². The molecular weight excluding hydrogens is 236 g/mol. The second-order valence-electron chi connectivity index (χ2n) is 3.38. The van der Waals surface area contributed by atoms with Gasteiger partial charge >= 0.3 is 5.91 Å². The molecule has 0 aliphatic carbocycles. The monoisotopic (exact) mass is 244 g/mol. The molecule has 1 amide bonds. The van der Waals surface area contributed by atoms with Gasteiger partial charge in [0, 0.05) is 0 Å². The number of hydrogen-bond donors (Lipinski definition) is 3. The van der Waals surface area contributed by atoms with E-state index in [-0.39, 0.29) is 5.76 Å². The van der Waals surface area contributed by atoms with Crippen LogP contribution in [0.25, 0.3) is 11.2 Å². The van der Waals surface area contributed by atoms with E-state index in [1.807, 2.05) is 0 Å². The topological polar surface area (TPSA) is 109 Å². The third kappa shape index (κ3) is 1.75. The highest BCUT2D eigenvalue weighted by Gasteiger charge is 2.10. The van der Waals surface area contributed by atoms with E-state index in [1.54, 1.807) is 12.1 Å². The second-order valence-corrected chi connectivity index (χ2v) is 3.38. The van der Waals surface area contributed by atoms with Crippen LogP contribution in [0.4, 0.5) is 5.82 Å². The Morgan fingerprint density at radius 2 is 2.28 bits per heavy atom. The molecule has 3 heterocycles. The van der Waals surface area contributed by atoms with Gasteiger partial charge in [-0.3, -0.25) is 15.6 Å². The number of amides is 1. The standard InChI is InChI=1S/C10H8N6O2/c17-10(6-2-1-3-18-6)16-15-9-7-8(12-4-11-7)13-5-14-9/h1-5H,(H,16,17)(H2,11,12,13,14,15). The Morgan fingerprint density at radius 1 is 1.33 bits per heavy atom. The molecule has 0 aromatic carbocycles. The predicted molar refractivity (Wildman–Crippen MR) is 61.5 cm³/mol. The lowest BCUT2D eigenvalue weighted by Crippen LogP contribution is -2.29. The number of nitrogens with zero attached hydrogens (tertiary/aromatic N) is 3. The zero-order chi connectivity index (χ0) is 12.4. The third-order valence-corrected chi connectivity index (χ3v) is 2.26. The van der Waals surface area contributed by atoms with Gasteiger partial charge in [-0.05, 0) is 12.1 Å². The summed E-state index contributed by atoms with van der Waals surface area (Å²) < 4.78 is 4.95. The van der Waals surface area contributed by atoms with Gasteiger partial charge in [0.25, 0.3) is 0 Å². The Labute approximate surface area is 100 Å². The van der Waals surface area contributed by atoms with Gasteiger partial charge in [-0.15, -0.1) is 0 Å². The van der Waals surface area contributed by atoms with E-state index in [2.05, 4.69) is 30.8 Å². The summed E-state index contributed by atoms with van der Waals surface area (Å²) in [6, 6.07) is 3.19. The maximum Gasteiger partial charge on any atom is 0.305 e. The Morgan fingerprint density at radius 3 is 3.11 bits per heavy atom. The Bertz CT molecular complexity index is 675. The summed E-state index contributed by atoms with van der Waals surface area (Å²) in [5.74, 6) is 0.237. The van der Waals surface area contributed by atoms with Crippen LogP contribution in [-0.2, 0) is 0 Å². The van der Waals surface area contributed by atoms with Crippen LogP contribution >= 0.6 is 0 Å². The Hall–Kier alpha value is -2.90. The molecule has 0 aliphatic rings. The summed E-state index contributed by atoms with van der Waals surface area (Å²) in [5, 5.41) is 0. The van der Waals surface area contributed by atoms with E-state index >= 15 is 0 Å². The normalized spacial score (nSPS) is 10.4. The molecule has 0 radical (unpaired) electrons. The van der Waals surface area contributed by atoms with Crippen molar-refractivity contribution in [3.05, 3.63) is 36.8 Å². The van der Waals surface area contributed by atoms with Crippen LogP contribution < -0.4 is 10.9 Å². The molecule has 0 aliphatic heterocycles. The van der Waals surface area contributed by atoms with Crippen molar-refractivity contribution < 1.29 is 9.21 Å². The van der Waals surface area contributed by atoms with Gasteiger partial charge < -0.3 is 9.40 Å². The van der Waals surface area contributed by atoms with Gasteiger partial charge in [0.05, 0.1) is 12.6 Å². The number of rotatable bonds is 3. The lowest BCUT2D eigenvalue weighted by atomic mass is 10.4. The number of anilines is 1. The van der Waals surface area contributed by atoms with Crippen LogP contribution in [0, 0.1) is 0 Å². The largest absolute Gasteiger partial charge is 0.459 e. The first kappa shape index (κ1) is 10.3. The summed E-state index contributed by atoms with van der Waals surface area (Å²) >= 11 is 0. The van der Waals surface area contributed by atoms with Crippen LogP contribution in [0.2, 0.25) is 0 Å². The van der Waals surface area contributed by atoms with Gasteiger partial charge in [0.1, 0.15) is 11.8 Å². The van der Waals surface area contributed by atoms with Crippen molar-refractivity contribution >= 4 is 22.9 Å². The molecule has 8 nitrogen and oxygen atoms in total. The lowest BCUT2D eigenvalue weighted by Gasteiger charge is -2.06. The number of imidazole rings is 1. The maximum absolute atomic E-state index is 11.6. The molecule has 8 heteroatoms. The van der Waals surface area contributed by atoms with Crippen molar-refractivity contribution in [2.45, 2.75) is 0 Å².